The number of carbonyl (C=O) groups excluding carboxylic acids is 1. The normalized spacial score (nSPS) is 12.5. The lowest BCUT2D eigenvalue weighted by molar-refractivity contribution is 0.0937. The number of amides is 1. The van der Waals surface area contributed by atoms with Crippen LogP contribution < -0.4 is 5.32 Å². The molecule has 0 fully saturated rings. The fourth-order valence-electron chi connectivity index (χ4n) is 1.74. The SMILES string of the molecule is CCc1nn(C)cc1C(=O)NC(C)CCCBr. The fourth-order valence-corrected chi connectivity index (χ4v) is 2.07. The van der Waals surface area contributed by atoms with Crippen molar-refractivity contribution < 1.29 is 4.79 Å². The van der Waals surface area contributed by atoms with Gasteiger partial charge in [-0.05, 0) is 26.2 Å². The quantitative estimate of drug-likeness (QED) is 0.820. The van der Waals surface area contributed by atoms with E-state index in [9.17, 15) is 4.79 Å². The number of carbonyl (C=O) groups is 1. The molecule has 0 spiro atoms. The molecule has 1 unspecified atom stereocenters. The van der Waals surface area contributed by atoms with Crippen molar-refractivity contribution in [3.63, 3.8) is 0 Å². The van der Waals surface area contributed by atoms with E-state index in [1.165, 1.54) is 0 Å². The largest absolute Gasteiger partial charge is 0.349 e. The van der Waals surface area contributed by atoms with Gasteiger partial charge in [-0.15, -0.1) is 0 Å². The summed E-state index contributed by atoms with van der Waals surface area (Å²) in [4.78, 5) is 12.0. The van der Waals surface area contributed by atoms with Gasteiger partial charge in [-0.25, -0.2) is 0 Å². The third-order valence-electron chi connectivity index (χ3n) is 2.63. The highest BCUT2D eigenvalue weighted by Gasteiger charge is 2.15. The van der Waals surface area contributed by atoms with Crippen molar-refractivity contribution in [3.05, 3.63) is 17.5 Å². The van der Waals surface area contributed by atoms with Crippen LogP contribution in [0.2, 0.25) is 0 Å². The summed E-state index contributed by atoms with van der Waals surface area (Å²) in [6.07, 6.45) is 4.61. The van der Waals surface area contributed by atoms with Crippen LogP contribution in [0.25, 0.3) is 0 Å². The number of aromatic nitrogens is 2. The van der Waals surface area contributed by atoms with Crippen LogP contribution in [0.1, 0.15) is 42.7 Å². The molecule has 0 aromatic carbocycles. The van der Waals surface area contributed by atoms with E-state index >= 15 is 0 Å². The lowest BCUT2D eigenvalue weighted by Gasteiger charge is -2.12. The average molecular weight is 302 g/mol. The van der Waals surface area contributed by atoms with Crippen molar-refractivity contribution >= 4 is 21.8 Å². The third-order valence-corrected chi connectivity index (χ3v) is 3.19. The number of halogens is 1. The Morgan fingerprint density at radius 1 is 1.65 bits per heavy atom. The molecule has 1 amide bonds. The molecular weight excluding hydrogens is 282 g/mol. The van der Waals surface area contributed by atoms with Gasteiger partial charge in [0.1, 0.15) is 0 Å². The van der Waals surface area contributed by atoms with E-state index in [1.54, 1.807) is 10.9 Å². The van der Waals surface area contributed by atoms with Gasteiger partial charge >= 0.3 is 0 Å². The zero-order valence-electron chi connectivity index (χ0n) is 10.7. The van der Waals surface area contributed by atoms with Crippen LogP contribution in [-0.2, 0) is 13.5 Å². The van der Waals surface area contributed by atoms with Gasteiger partial charge in [0, 0.05) is 24.6 Å². The van der Waals surface area contributed by atoms with E-state index in [0.717, 1.165) is 30.3 Å². The fraction of sp³-hybridized carbons (Fsp3) is 0.667. The summed E-state index contributed by atoms with van der Waals surface area (Å²) in [5, 5.41) is 8.25. The van der Waals surface area contributed by atoms with E-state index in [1.807, 2.05) is 20.9 Å². The Labute approximate surface area is 111 Å². The molecule has 1 atom stereocenters. The molecule has 0 aliphatic rings. The van der Waals surface area contributed by atoms with Crippen LogP contribution in [0.15, 0.2) is 6.20 Å². The summed E-state index contributed by atoms with van der Waals surface area (Å²) in [6, 6.07) is 0.199. The monoisotopic (exact) mass is 301 g/mol. The molecule has 96 valence electrons. The molecule has 4 nitrogen and oxygen atoms in total. The minimum absolute atomic E-state index is 0.0166. The number of hydrogen-bond acceptors (Lipinski definition) is 2. The molecule has 5 heteroatoms. The van der Waals surface area contributed by atoms with Gasteiger partial charge in [-0.2, -0.15) is 5.10 Å². The van der Waals surface area contributed by atoms with Crippen molar-refractivity contribution in [1.82, 2.24) is 15.1 Å². The molecule has 0 saturated carbocycles. The first-order valence-electron chi connectivity index (χ1n) is 5.97. The number of alkyl halides is 1. The Balaban J connectivity index is 2.62. The molecule has 17 heavy (non-hydrogen) atoms. The highest BCUT2D eigenvalue weighted by atomic mass is 79.9. The van der Waals surface area contributed by atoms with Crippen LogP contribution >= 0.6 is 15.9 Å². The van der Waals surface area contributed by atoms with Crippen molar-refractivity contribution in [1.29, 1.82) is 0 Å². The lowest BCUT2D eigenvalue weighted by Crippen LogP contribution is -2.32. The Morgan fingerprint density at radius 3 is 2.94 bits per heavy atom. The Bertz CT molecular complexity index is 376. The Morgan fingerprint density at radius 2 is 2.35 bits per heavy atom. The Hall–Kier alpha value is -0.840. The first kappa shape index (κ1) is 14.2. The highest BCUT2D eigenvalue weighted by molar-refractivity contribution is 9.09. The molecule has 0 saturated heterocycles. The molecule has 0 radical (unpaired) electrons. The minimum atomic E-state index is -0.0166. The number of nitrogens with zero attached hydrogens (tertiary/aromatic N) is 2. The second-order valence-corrected chi connectivity index (χ2v) is 5.02. The second kappa shape index (κ2) is 6.79. The first-order chi connectivity index (χ1) is 8.08. The molecule has 1 N–H and O–H groups in total. The van der Waals surface area contributed by atoms with Crippen molar-refractivity contribution in [2.45, 2.75) is 39.2 Å². The lowest BCUT2D eigenvalue weighted by atomic mass is 10.1. The van der Waals surface area contributed by atoms with Crippen LogP contribution in [0, 0.1) is 0 Å². The van der Waals surface area contributed by atoms with Gasteiger partial charge in [-0.1, -0.05) is 22.9 Å². The van der Waals surface area contributed by atoms with Crippen molar-refractivity contribution in [3.8, 4) is 0 Å². The molecule has 1 rings (SSSR count). The second-order valence-electron chi connectivity index (χ2n) is 4.22. The maximum atomic E-state index is 12.0. The summed E-state index contributed by atoms with van der Waals surface area (Å²) in [7, 11) is 1.84. The summed E-state index contributed by atoms with van der Waals surface area (Å²) in [5.41, 5.74) is 1.55. The summed E-state index contributed by atoms with van der Waals surface area (Å²) < 4.78 is 1.69. The van der Waals surface area contributed by atoms with E-state index in [-0.39, 0.29) is 11.9 Å². The molecular formula is C12H20BrN3O. The third kappa shape index (κ3) is 4.15. The van der Waals surface area contributed by atoms with Crippen molar-refractivity contribution in [2.75, 3.05) is 5.33 Å². The van der Waals surface area contributed by atoms with Gasteiger partial charge in [0.2, 0.25) is 0 Å². The zero-order valence-corrected chi connectivity index (χ0v) is 12.2. The summed E-state index contributed by atoms with van der Waals surface area (Å²) in [5.74, 6) is -0.0166. The molecule has 1 aromatic rings. The highest BCUT2D eigenvalue weighted by Crippen LogP contribution is 2.08. The maximum Gasteiger partial charge on any atom is 0.254 e. The van der Waals surface area contributed by atoms with E-state index in [0.29, 0.717) is 5.56 Å². The van der Waals surface area contributed by atoms with Gasteiger partial charge < -0.3 is 5.32 Å². The first-order valence-corrected chi connectivity index (χ1v) is 7.10. The van der Waals surface area contributed by atoms with Gasteiger partial charge in [0.15, 0.2) is 0 Å². The van der Waals surface area contributed by atoms with Gasteiger partial charge in [0.25, 0.3) is 5.91 Å². The number of hydrogen-bond donors (Lipinski definition) is 1. The summed E-state index contributed by atoms with van der Waals surface area (Å²) >= 11 is 3.39. The summed E-state index contributed by atoms with van der Waals surface area (Å²) in [6.45, 7) is 4.04. The molecule has 0 aliphatic heterocycles. The topological polar surface area (TPSA) is 46.9 Å². The average Bonchev–Trinajstić information content (AvgIpc) is 2.67. The molecule has 0 aliphatic carbocycles. The molecule has 1 heterocycles. The smallest absolute Gasteiger partial charge is 0.254 e. The predicted octanol–water partition coefficient (Wildman–Crippen LogP) is 2.28. The molecule has 1 aromatic heterocycles. The van der Waals surface area contributed by atoms with Gasteiger partial charge in [0.05, 0.1) is 11.3 Å². The number of nitrogens with one attached hydrogen (secondary N) is 1. The Kier molecular flexibility index (Phi) is 5.68. The van der Waals surface area contributed by atoms with Crippen LogP contribution in [0.4, 0.5) is 0 Å². The van der Waals surface area contributed by atoms with E-state index in [2.05, 4.69) is 26.3 Å². The number of aryl methyl sites for hydroxylation is 2. The van der Waals surface area contributed by atoms with E-state index < -0.39 is 0 Å². The minimum Gasteiger partial charge on any atom is -0.349 e. The predicted molar refractivity (Wildman–Crippen MR) is 72.5 cm³/mol. The standard InChI is InChI=1S/C12H20BrN3O/c1-4-11-10(8-16(3)15-11)12(17)14-9(2)6-5-7-13/h8-9H,4-7H2,1-3H3,(H,14,17). The van der Waals surface area contributed by atoms with Crippen LogP contribution in [-0.4, -0.2) is 27.1 Å². The van der Waals surface area contributed by atoms with Crippen LogP contribution in [0.5, 0.6) is 0 Å². The van der Waals surface area contributed by atoms with Crippen molar-refractivity contribution in [2.24, 2.45) is 7.05 Å². The van der Waals surface area contributed by atoms with Crippen LogP contribution in [0.3, 0.4) is 0 Å². The van der Waals surface area contributed by atoms with Gasteiger partial charge in [-0.3, -0.25) is 9.48 Å². The zero-order chi connectivity index (χ0) is 12.8. The van der Waals surface area contributed by atoms with E-state index in [4.69, 9.17) is 0 Å². The number of rotatable bonds is 6. The maximum absolute atomic E-state index is 12.0. The molecule has 0 bridgehead atoms.